The van der Waals surface area contributed by atoms with Crippen LogP contribution >= 0.6 is 0 Å². The third kappa shape index (κ3) is 2.89. The van der Waals surface area contributed by atoms with E-state index in [0.29, 0.717) is 12.1 Å². The number of nitrogens with two attached hydrogens (primary N) is 2. The number of hydrogen-bond donors (Lipinski definition) is 2. The van der Waals surface area contributed by atoms with Crippen LogP contribution in [0.25, 0.3) is 6.08 Å². The molecule has 1 aromatic rings. The van der Waals surface area contributed by atoms with E-state index in [1.54, 1.807) is 12.2 Å². The molecule has 0 atom stereocenters. The average Bonchev–Trinajstić information content (AvgIpc) is 2.25. The highest BCUT2D eigenvalue weighted by molar-refractivity contribution is 5.94. The lowest BCUT2D eigenvalue weighted by Gasteiger charge is -1.99. The van der Waals surface area contributed by atoms with Gasteiger partial charge in [0.15, 0.2) is 0 Å². The number of non-ortho nitro benzene ring substituents is 1. The van der Waals surface area contributed by atoms with Crippen molar-refractivity contribution in [1.82, 2.24) is 0 Å². The van der Waals surface area contributed by atoms with E-state index in [9.17, 15) is 14.9 Å². The van der Waals surface area contributed by atoms with Gasteiger partial charge >= 0.3 is 0 Å². The summed E-state index contributed by atoms with van der Waals surface area (Å²) < 4.78 is 0. The minimum Gasteiger partial charge on any atom is -0.366 e. The van der Waals surface area contributed by atoms with Gasteiger partial charge in [-0.15, -0.1) is 0 Å². The number of carbonyl (C=O) groups is 1. The van der Waals surface area contributed by atoms with Gasteiger partial charge in [0.25, 0.3) is 5.69 Å². The molecular formula is C10H11N3O3. The van der Waals surface area contributed by atoms with Gasteiger partial charge in [-0.05, 0) is 11.6 Å². The predicted molar refractivity (Wildman–Crippen MR) is 59.7 cm³/mol. The van der Waals surface area contributed by atoms with Crippen LogP contribution < -0.4 is 11.5 Å². The number of nitro groups is 1. The summed E-state index contributed by atoms with van der Waals surface area (Å²) in [5.74, 6) is -0.703. The summed E-state index contributed by atoms with van der Waals surface area (Å²) >= 11 is 0. The molecule has 0 aliphatic heterocycles. The van der Waals surface area contributed by atoms with Gasteiger partial charge < -0.3 is 11.5 Å². The molecule has 1 rings (SSSR count). The van der Waals surface area contributed by atoms with Crippen molar-refractivity contribution >= 4 is 17.7 Å². The van der Waals surface area contributed by atoms with Crippen molar-refractivity contribution in [2.45, 2.75) is 0 Å². The zero-order chi connectivity index (χ0) is 12.1. The van der Waals surface area contributed by atoms with E-state index in [4.69, 9.17) is 11.5 Å². The fourth-order valence-corrected chi connectivity index (χ4v) is 1.18. The van der Waals surface area contributed by atoms with Crippen molar-refractivity contribution < 1.29 is 9.72 Å². The molecule has 0 radical (unpaired) electrons. The van der Waals surface area contributed by atoms with Crippen molar-refractivity contribution in [3.63, 3.8) is 0 Å². The quantitative estimate of drug-likeness (QED) is 0.574. The lowest BCUT2D eigenvalue weighted by molar-refractivity contribution is -0.384. The second-order valence-corrected chi connectivity index (χ2v) is 3.07. The molecule has 0 fully saturated rings. The third-order valence-corrected chi connectivity index (χ3v) is 1.88. The number of amides is 1. The van der Waals surface area contributed by atoms with Gasteiger partial charge in [0.1, 0.15) is 0 Å². The Morgan fingerprint density at radius 1 is 1.44 bits per heavy atom. The highest BCUT2D eigenvalue weighted by atomic mass is 16.6. The van der Waals surface area contributed by atoms with Gasteiger partial charge in [0.05, 0.1) is 4.92 Å². The highest BCUT2D eigenvalue weighted by Gasteiger charge is 2.11. The van der Waals surface area contributed by atoms with E-state index < -0.39 is 10.8 Å². The first-order chi connectivity index (χ1) is 7.54. The fraction of sp³-hybridized carbons (Fsp3) is 0.100. The van der Waals surface area contributed by atoms with Crippen LogP contribution in [0.2, 0.25) is 0 Å². The summed E-state index contributed by atoms with van der Waals surface area (Å²) in [4.78, 5) is 21.0. The monoisotopic (exact) mass is 221 g/mol. The zero-order valence-corrected chi connectivity index (χ0v) is 8.42. The van der Waals surface area contributed by atoms with Crippen LogP contribution in [0.3, 0.4) is 0 Å². The minimum absolute atomic E-state index is 0.103. The van der Waals surface area contributed by atoms with Gasteiger partial charge in [0.2, 0.25) is 5.91 Å². The van der Waals surface area contributed by atoms with Crippen LogP contribution in [-0.4, -0.2) is 17.4 Å². The molecular weight excluding hydrogens is 210 g/mol. The van der Waals surface area contributed by atoms with E-state index in [1.807, 2.05) is 0 Å². The lowest BCUT2D eigenvalue weighted by Crippen LogP contribution is -2.11. The maximum atomic E-state index is 11.0. The van der Waals surface area contributed by atoms with E-state index in [1.165, 1.54) is 12.1 Å². The maximum absolute atomic E-state index is 11.0. The Labute approximate surface area is 91.7 Å². The van der Waals surface area contributed by atoms with Crippen molar-refractivity contribution in [2.24, 2.45) is 11.5 Å². The molecule has 0 aliphatic rings. The highest BCUT2D eigenvalue weighted by Crippen LogP contribution is 2.18. The maximum Gasteiger partial charge on any atom is 0.270 e. The van der Waals surface area contributed by atoms with E-state index in [2.05, 4.69) is 0 Å². The third-order valence-electron chi connectivity index (χ3n) is 1.88. The molecule has 0 bridgehead atoms. The summed E-state index contributed by atoms with van der Waals surface area (Å²) in [7, 11) is 0. The molecule has 0 aliphatic carbocycles. The number of primary amides is 1. The second-order valence-electron chi connectivity index (χ2n) is 3.07. The molecule has 84 valence electrons. The van der Waals surface area contributed by atoms with E-state index in [0.717, 1.165) is 6.07 Å². The summed E-state index contributed by atoms with van der Waals surface area (Å²) in [6.45, 7) is 0.314. The Hall–Kier alpha value is -2.21. The summed E-state index contributed by atoms with van der Waals surface area (Å²) in [5, 5.41) is 10.6. The van der Waals surface area contributed by atoms with Crippen molar-refractivity contribution in [1.29, 1.82) is 0 Å². The van der Waals surface area contributed by atoms with Gasteiger partial charge in [-0.2, -0.15) is 0 Å². The van der Waals surface area contributed by atoms with Gasteiger partial charge in [-0.1, -0.05) is 12.2 Å². The molecule has 0 spiro atoms. The smallest absolute Gasteiger partial charge is 0.270 e. The Kier molecular flexibility index (Phi) is 3.73. The molecule has 4 N–H and O–H groups in total. The van der Waals surface area contributed by atoms with E-state index >= 15 is 0 Å². The van der Waals surface area contributed by atoms with Crippen molar-refractivity contribution in [3.05, 3.63) is 45.5 Å². The van der Waals surface area contributed by atoms with Crippen molar-refractivity contribution in [2.75, 3.05) is 6.54 Å². The average molecular weight is 221 g/mol. The SMILES string of the molecule is NCC=Cc1cc(C(N)=O)cc([N+](=O)[O-])c1. The van der Waals surface area contributed by atoms with Crippen molar-refractivity contribution in [3.8, 4) is 0 Å². The summed E-state index contributed by atoms with van der Waals surface area (Å²) in [6, 6.07) is 3.96. The Morgan fingerprint density at radius 3 is 2.62 bits per heavy atom. The first-order valence-electron chi connectivity index (χ1n) is 4.50. The van der Waals surface area contributed by atoms with Gasteiger partial charge in [-0.25, -0.2) is 0 Å². The molecule has 6 nitrogen and oxygen atoms in total. The van der Waals surface area contributed by atoms with Crippen LogP contribution in [0.5, 0.6) is 0 Å². The van der Waals surface area contributed by atoms with E-state index in [-0.39, 0.29) is 11.3 Å². The number of rotatable bonds is 4. The largest absolute Gasteiger partial charge is 0.366 e. The molecule has 16 heavy (non-hydrogen) atoms. The summed E-state index contributed by atoms with van der Waals surface area (Å²) in [6.07, 6.45) is 3.23. The first-order valence-corrected chi connectivity index (χ1v) is 4.50. The number of nitrogens with zero attached hydrogens (tertiary/aromatic N) is 1. The van der Waals surface area contributed by atoms with Gasteiger partial charge in [-0.3, -0.25) is 14.9 Å². The molecule has 0 saturated carbocycles. The number of hydrogen-bond acceptors (Lipinski definition) is 4. The molecule has 1 aromatic carbocycles. The molecule has 0 saturated heterocycles. The molecule has 0 unspecified atom stereocenters. The van der Waals surface area contributed by atoms with Crippen LogP contribution in [0, 0.1) is 10.1 Å². The van der Waals surface area contributed by atoms with Gasteiger partial charge in [0, 0.05) is 24.2 Å². The standard InChI is InChI=1S/C10H11N3O3/c11-3-1-2-7-4-8(10(12)14)6-9(5-7)13(15)16/h1-2,4-6H,3,11H2,(H2,12,14). The fourth-order valence-electron chi connectivity index (χ4n) is 1.18. The van der Waals surface area contributed by atoms with Crippen LogP contribution in [0.4, 0.5) is 5.69 Å². The number of nitro benzene ring substituents is 1. The normalized spacial score (nSPS) is 10.6. The molecule has 6 heteroatoms. The van der Waals surface area contributed by atoms with Crippen LogP contribution in [0.1, 0.15) is 15.9 Å². The molecule has 1 amide bonds. The Morgan fingerprint density at radius 2 is 2.12 bits per heavy atom. The number of carbonyl (C=O) groups excluding carboxylic acids is 1. The second kappa shape index (κ2) is 5.04. The first kappa shape index (κ1) is 11.9. The minimum atomic E-state index is -0.703. The van der Waals surface area contributed by atoms with Crippen LogP contribution in [0.15, 0.2) is 24.3 Å². The Bertz CT molecular complexity index is 422. The Balaban J connectivity index is 3.24. The summed E-state index contributed by atoms with van der Waals surface area (Å²) in [5.41, 5.74) is 10.8. The van der Waals surface area contributed by atoms with Crippen LogP contribution in [-0.2, 0) is 0 Å². The zero-order valence-electron chi connectivity index (χ0n) is 8.42. The lowest BCUT2D eigenvalue weighted by atomic mass is 10.1. The molecule has 0 aromatic heterocycles. The number of benzene rings is 1. The predicted octanol–water partition coefficient (Wildman–Crippen LogP) is 0.666. The topological polar surface area (TPSA) is 112 Å². The molecule has 0 heterocycles.